The zero-order valence-corrected chi connectivity index (χ0v) is 14.6. The molecule has 1 saturated carbocycles. The molecule has 0 radical (unpaired) electrons. The van der Waals surface area contributed by atoms with Crippen molar-refractivity contribution in [1.29, 1.82) is 0 Å². The van der Waals surface area contributed by atoms with E-state index in [4.69, 9.17) is 0 Å². The van der Waals surface area contributed by atoms with Crippen molar-refractivity contribution in [2.24, 2.45) is 11.8 Å². The van der Waals surface area contributed by atoms with Crippen LogP contribution in [0.2, 0.25) is 0 Å². The second-order valence-electron chi connectivity index (χ2n) is 7.76. The fourth-order valence-corrected chi connectivity index (χ4v) is 3.94. The number of urea groups is 1. The van der Waals surface area contributed by atoms with Gasteiger partial charge in [0, 0.05) is 25.2 Å². The van der Waals surface area contributed by atoms with Crippen molar-refractivity contribution in [3.63, 3.8) is 0 Å². The highest BCUT2D eigenvalue weighted by Gasteiger charge is 2.37. The normalized spacial score (nSPS) is 36.5. The summed E-state index contributed by atoms with van der Waals surface area (Å²) in [7, 11) is 4.24. The molecule has 2 N–H and O–H groups in total. The van der Waals surface area contributed by atoms with Gasteiger partial charge in [0.1, 0.15) is 0 Å². The van der Waals surface area contributed by atoms with Crippen molar-refractivity contribution >= 4 is 6.03 Å². The molecule has 1 heterocycles. The Labute approximate surface area is 135 Å². The zero-order valence-electron chi connectivity index (χ0n) is 14.6. The summed E-state index contributed by atoms with van der Waals surface area (Å²) in [5, 5.41) is 13.1. The molecule has 5 nitrogen and oxygen atoms in total. The lowest BCUT2D eigenvalue weighted by atomic mass is 9.75. The Morgan fingerprint density at radius 1 is 1.36 bits per heavy atom. The third-order valence-electron chi connectivity index (χ3n) is 5.79. The molecule has 0 bridgehead atoms. The average molecular weight is 311 g/mol. The first-order chi connectivity index (χ1) is 10.3. The molecular weight excluding hydrogens is 278 g/mol. The van der Waals surface area contributed by atoms with E-state index in [1.165, 1.54) is 12.8 Å². The van der Waals surface area contributed by atoms with Gasteiger partial charge in [-0.3, -0.25) is 0 Å². The molecule has 2 fully saturated rings. The number of likely N-dealkylation sites (N-methyl/N-ethyl adjacent to an activating group) is 1. The van der Waals surface area contributed by atoms with E-state index >= 15 is 0 Å². The number of β-amino-alcohol motifs (C(OH)–C–C–N with tert-alkyl or cyclic N) is 1. The van der Waals surface area contributed by atoms with Crippen LogP contribution >= 0.6 is 0 Å². The number of nitrogens with one attached hydrogen (secondary N) is 1. The van der Waals surface area contributed by atoms with Crippen molar-refractivity contribution in [2.75, 3.05) is 33.7 Å². The second kappa shape index (κ2) is 7.18. The quantitative estimate of drug-likeness (QED) is 0.837. The lowest BCUT2D eigenvalue weighted by Crippen LogP contribution is -2.57. The van der Waals surface area contributed by atoms with E-state index in [1.54, 1.807) is 4.90 Å². The molecule has 0 spiro atoms. The number of aliphatic hydroxyl groups excluding tert-OH is 1. The van der Waals surface area contributed by atoms with E-state index < -0.39 is 6.10 Å². The molecular formula is C17H33N3O2. The third kappa shape index (κ3) is 3.93. The van der Waals surface area contributed by atoms with Gasteiger partial charge in [0.2, 0.25) is 0 Å². The maximum absolute atomic E-state index is 12.4. The van der Waals surface area contributed by atoms with Gasteiger partial charge in [0.05, 0.1) is 6.10 Å². The van der Waals surface area contributed by atoms with Crippen molar-refractivity contribution in [3.8, 4) is 0 Å². The highest BCUT2D eigenvalue weighted by Crippen LogP contribution is 2.35. The van der Waals surface area contributed by atoms with Gasteiger partial charge in [-0.15, -0.1) is 0 Å². The lowest BCUT2D eigenvalue weighted by Gasteiger charge is -2.45. The lowest BCUT2D eigenvalue weighted by molar-refractivity contribution is 0.0400. The van der Waals surface area contributed by atoms with Crippen LogP contribution in [0.5, 0.6) is 0 Å². The molecule has 0 aromatic carbocycles. The molecule has 4 atom stereocenters. The molecule has 1 saturated heterocycles. The minimum absolute atomic E-state index is 0.0228. The first kappa shape index (κ1) is 17.5. The third-order valence-corrected chi connectivity index (χ3v) is 5.79. The van der Waals surface area contributed by atoms with Crippen LogP contribution in [0.25, 0.3) is 0 Å². The van der Waals surface area contributed by atoms with Crippen molar-refractivity contribution in [1.82, 2.24) is 15.1 Å². The van der Waals surface area contributed by atoms with E-state index in [-0.39, 0.29) is 17.5 Å². The molecule has 0 aromatic heterocycles. The summed E-state index contributed by atoms with van der Waals surface area (Å²) < 4.78 is 0. The van der Waals surface area contributed by atoms with Crippen LogP contribution < -0.4 is 5.32 Å². The minimum atomic E-state index is -0.392. The number of likely N-dealkylation sites (tertiary alicyclic amines) is 1. The highest BCUT2D eigenvalue weighted by molar-refractivity contribution is 5.74. The number of piperidine rings is 1. The number of nitrogens with zero attached hydrogens (tertiary/aromatic N) is 2. The van der Waals surface area contributed by atoms with Crippen LogP contribution in [0.4, 0.5) is 4.79 Å². The fourth-order valence-electron chi connectivity index (χ4n) is 3.94. The summed E-state index contributed by atoms with van der Waals surface area (Å²) in [4.78, 5) is 16.5. The summed E-state index contributed by atoms with van der Waals surface area (Å²) in [6, 6.07) is -0.0228. The van der Waals surface area contributed by atoms with E-state index in [1.807, 2.05) is 6.92 Å². The van der Waals surface area contributed by atoms with Crippen molar-refractivity contribution < 1.29 is 9.90 Å². The number of hydrogen-bond acceptors (Lipinski definition) is 3. The van der Waals surface area contributed by atoms with Crippen LogP contribution in [0.15, 0.2) is 0 Å². The summed E-state index contributed by atoms with van der Waals surface area (Å²) in [6.07, 6.45) is 5.29. The van der Waals surface area contributed by atoms with Crippen molar-refractivity contribution in [3.05, 3.63) is 0 Å². The van der Waals surface area contributed by atoms with Gasteiger partial charge < -0.3 is 20.2 Å². The van der Waals surface area contributed by atoms with Crippen molar-refractivity contribution in [2.45, 2.75) is 57.6 Å². The van der Waals surface area contributed by atoms with Crippen LogP contribution in [0.3, 0.4) is 0 Å². The van der Waals surface area contributed by atoms with Gasteiger partial charge in [-0.1, -0.05) is 26.7 Å². The minimum Gasteiger partial charge on any atom is -0.391 e. The van der Waals surface area contributed by atoms with Gasteiger partial charge in [-0.2, -0.15) is 0 Å². The average Bonchev–Trinajstić information content (AvgIpc) is 2.47. The number of amides is 2. The smallest absolute Gasteiger partial charge is 0.317 e. The number of rotatable bonds is 3. The molecule has 128 valence electrons. The van der Waals surface area contributed by atoms with Gasteiger partial charge in [0.25, 0.3) is 0 Å². The molecule has 2 rings (SSSR count). The van der Waals surface area contributed by atoms with Crippen LogP contribution in [-0.2, 0) is 0 Å². The Bertz CT molecular complexity index is 388. The first-order valence-corrected chi connectivity index (χ1v) is 8.72. The monoisotopic (exact) mass is 311 g/mol. The van der Waals surface area contributed by atoms with E-state index in [2.05, 4.69) is 31.2 Å². The Balaban J connectivity index is 1.91. The topological polar surface area (TPSA) is 55.8 Å². The molecule has 2 aliphatic rings. The van der Waals surface area contributed by atoms with Gasteiger partial charge in [-0.25, -0.2) is 4.79 Å². The predicted octanol–water partition coefficient (Wildman–Crippen LogP) is 1.91. The summed E-state index contributed by atoms with van der Waals surface area (Å²) in [6.45, 7) is 6.26. The van der Waals surface area contributed by atoms with Crippen LogP contribution in [-0.4, -0.2) is 66.3 Å². The fraction of sp³-hybridized carbons (Fsp3) is 0.941. The van der Waals surface area contributed by atoms with Crippen LogP contribution in [0, 0.1) is 11.8 Å². The summed E-state index contributed by atoms with van der Waals surface area (Å²) in [5.41, 5.74) is 0.0784. The molecule has 4 unspecified atom stereocenters. The number of hydrogen-bond donors (Lipinski definition) is 2. The second-order valence-corrected chi connectivity index (χ2v) is 7.76. The maximum Gasteiger partial charge on any atom is 0.317 e. The Morgan fingerprint density at radius 3 is 2.68 bits per heavy atom. The molecule has 0 aromatic rings. The Kier molecular flexibility index (Phi) is 5.72. The maximum atomic E-state index is 12.4. The van der Waals surface area contributed by atoms with E-state index in [9.17, 15) is 9.90 Å². The zero-order chi connectivity index (χ0) is 16.3. The predicted molar refractivity (Wildman–Crippen MR) is 88.8 cm³/mol. The SMILES string of the molecule is CC1CCCC(CNC(=O)N2CCC(C)C(O)C2)(N(C)C)C1. The molecule has 1 aliphatic heterocycles. The summed E-state index contributed by atoms with van der Waals surface area (Å²) in [5.74, 6) is 1.00. The summed E-state index contributed by atoms with van der Waals surface area (Å²) >= 11 is 0. The largest absolute Gasteiger partial charge is 0.391 e. The standard InChI is InChI=1S/C17H33N3O2/c1-13-6-5-8-17(10-13,19(3)4)12-18-16(22)20-9-7-14(2)15(21)11-20/h13-15,21H,5-12H2,1-4H3,(H,18,22). The van der Waals surface area contributed by atoms with Gasteiger partial charge in [-0.05, 0) is 45.2 Å². The van der Waals surface area contributed by atoms with Gasteiger partial charge in [0.15, 0.2) is 0 Å². The van der Waals surface area contributed by atoms with Crippen LogP contribution in [0.1, 0.15) is 46.0 Å². The first-order valence-electron chi connectivity index (χ1n) is 8.72. The Hall–Kier alpha value is -0.810. The van der Waals surface area contributed by atoms with Gasteiger partial charge >= 0.3 is 6.03 Å². The molecule has 5 heteroatoms. The molecule has 22 heavy (non-hydrogen) atoms. The molecule has 2 amide bonds. The molecule has 1 aliphatic carbocycles. The number of carbonyl (C=O) groups excluding carboxylic acids is 1. The van der Waals surface area contributed by atoms with E-state index in [0.29, 0.717) is 19.0 Å². The van der Waals surface area contributed by atoms with E-state index in [0.717, 1.165) is 25.8 Å². The number of carbonyl (C=O) groups is 1. The highest BCUT2D eigenvalue weighted by atomic mass is 16.3. The Morgan fingerprint density at radius 2 is 2.09 bits per heavy atom. The number of aliphatic hydroxyl groups is 1.